The summed E-state index contributed by atoms with van der Waals surface area (Å²) in [5.74, 6) is 0. The van der Waals surface area contributed by atoms with Crippen LogP contribution in [-0.2, 0) is 6.42 Å². The summed E-state index contributed by atoms with van der Waals surface area (Å²) in [6.45, 7) is 6.36. The molecule has 1 aromatic heterocycles. The van der Waals surface area contributed by atoms with Crippen molar-refractivity contribution in [1.82, 2.24) is 5.32 Å². The quantitative estimate of drug-likeness (QED) is 0.641. The van der Waals surface area contributed by atoms with E-state index in [0.717, 1.165) is 12.0 Å². The first-order valence-electron chi connectivity index (χ1n) is 7.01. The molecule has 2 rings (SSSR count). The third-order valence-corrected chi connectivity index (χ3v) is 4.46. The molecule has 2 unspecified atom stereocenters. The van der Waals surface area contributed by atoms with Crippen LogP contribution < -0.4 is 5.32 Å². The van der Waals surface area contributed by atoms with Crippen molar-refractivity contribution in [1.29, 1.82) is 0 Å². The van der Waals surface area contributed by atoms with Gasteiger partial charge in [0.15, 0.2) is 0 Å². The van der Waals surface area contributed by atoms with Gasteiger partial charge < -0.3 is 5.32 Å². The molecule has 0 aliphatic rings. The molecule has 1 N–H and O–H groups in total. The van der Waals surface area contributed by atoms with Crippen molar-refractivity contribution >= 4 is 17.0 Å². The Morgan fingerprint density at radius 3 is 2.38 bits per heavy atom. The lowest BCUT2D eigenvalue weighted by atomic mass is 10.1. The Morgan fingerprint density at radius 2 is 1.86 bits per heavy atom. The Labute approximate surface area is 129 Å². The van der Waals surface area contributed by atoms with Gasteiger partial charge in [0.25, 0.3) is 5.69 Å². The number of nitrogens with one attached hydrogen (secondary N) is 1. The molecule has 0 saturated carbocycles. The summed E-state index contributed by atoms with van der Waals surface area (Å²) in [5, 5.41) is 14.2. The van der Waals surface area contributed by atoms with E-state index in [9.17, 15) is 10.1 Å². The molecule has 0 spiro atoms. The topological polar surface area (TPSA) is 55.2 Å². The predicted molar refractivity (Wildman–Crippen MR) is 86.9 cm³/mol. The molecule has 0 radical (unpaired) electrons. The standard InChI is InChI=1S/C16H20N2O2S/c1-11(10-16-9-4-12(2)21-16)17-13(3)14-5-7-15(8-6-14)18(19)20/h4-9,11,13,17H,10H2,1-3H3. The van der Waals surface area contributed by atoms with Gasteiger partial charge in [-0.15, -0.1) is 11.3 Å². The van der Waals surface area contributed by atoms with Gasteiger partial charge >= 0.3 is 0 Å². The lowest BCUT2D eigenvalue weighted by molar-refractivity contribution is -0.384. The normalized spacial score (nSPS) is 13.9. The highest BCUT2D eigenvalue weighted by atomic mass is 32.1. The minimum Gasteiger partial charge on any atom is -0.307 e. The second-order valence-corrected chi connectivity index (χ2v) is 6.73. The molecule has 2 aromatic rings. The van der Waals surface area contributed by atoms with Gasteiger partial charge in [0.2, 0.25) is 0 Å². The molecule has 1 aromatic carbocycles. The van der Waals surface area contributed by atoms with Gasteiger partial charge in [-0.05, 0) is 44.9 Å². The lowest BCUT2D eigenvalue weighted by Crippen LogP contribution is -2.30. The Balaban J connectivity index is 1.93. The Hall–Kier alpha value is -1.72. The van der Waals surface area contributed by atoms with Crippen molar-refractivity contribution in [2.45, 2.75) is 39.3 Å². The molecule has 2 atom stereocenters. The van der Waals surface area contributed by atoms with Crippen molar-refractivity contribution in [3.63, 3.8) is 0 Å². The minimum atomic E-state index is -0.371. The zero-order valence-corrected chi connectivity index (χ0v) is 13.3. The molecule has 0 aliphatic heterocycles. The van der Waals surface area contributed by atoms with Crippen LogP contribution in [0.15, 0.2) is 36.4 Å². The van der Waals surface area contributed by atoms with Gasteiger partial charge in [0.05, 0.1) is 4.92 Å². The molecule has 1 heterocycles. The van der Waals surface area contributed by atoms with Crippen LogP contribution in [0.3, 0.4) is 0 Å². The molecule has 21 heavy (non-hydrogen) atoms. The van der Waals surface area contributed by atoms with E-state index in [1.54, 1.807) is 12.1 Å². The lowest BCUT2D eigenvalue weighted by Gasteiger charge is -2.20. The summed E-state index contributed by atoms with van der Waals surface area (Å²) in [6, 6.07) is 11.6. The highest BCUT2D eigenvalue weighted by Gasteiger charge is 2.12. The molecular formula is C16H20N2O2S. The minimum absolute atomic E-state index is 0.132. The fourth-order valence-corrected chi connectivity index (χ4v) is 3.38. The Kier molecular flexibility index (Phi) is 5.09. The number of benzene rings is 1. The number of hydrogen-bond donors (Lipinski definition) is 1. The molecule has 0 saturated heterocycles. The molecule has 5 heteroatoms. The molecule has 0 bridgehead atoms. The van der Waals surface area contributed by atoms with Gasteiger partial charge in [-0.2, -0.15) is 0 Å². The second-order valence-electron chi connectivity index (χ2n) is 5.35. The van der Waals surface area contributed by atoms with E-state index in [0.29, 0.717) is 6.04 Å². The SMILES string of the molecule is Cc1ccc(CC(C)NC(C)c2ccc([N+](=O)[O-])cc2)s1. The molecule has 0 fully saturated rings. The zero-order chi connectivity index (χ0) is 15.4. The summed E-state index contributed by atoms with van der Waals surface area (Å²) >= 11 is 1.83. The zero-order valence-electron chi connectivity index (χ0n) is 12.5. The van der Waals surface area contributed by atoms with E-state index in [-0.39, 0.29) is 16.7 Å². The van der Waals surface area contributed by atoms with Gasteiger partial charge in [-0.3, -0.25) is 10.1 Å². The highest BCUT2D eigenvalue weighted by Crippen LogP contribution is 2.20. The van der Waals surface area contributed by atoms with Crippen LogP contribution in [0.1, 0.15) is 35.2 Å². The second kappa shape index (κ2) is 6.83. The summed E-state index contributed by atoms with van der Waals surface area (Å²) < 4.78 is 0. The number of hydrogen-bond acceptors (Lipinski definition) is 4. The van der Waals surface area contributed by atoms with Crippen LogP contribution >= 0.6 is 11.3 Å². The van der Waals surface area contributed by atoms with Crippen LogP contribution in [0.2, 0.25) is 0 Å². The summed E-state index contributed by atoms with van der Waals surface area (Å²) in [6.07, 6.45) is 0.996. The average molecular weight is 304 g/mol. The summed E-state index contributed by atoms with van der Waals surface area (Å²) in [7, 11) is 0. The maximum Gasteiger partial charge on any atom is 0.269 e. The first-order chi connectivity index (χ1) is 9.95. The third kappa shape index (κ3) is 4.37. The maximum atomic E-state index is 10.7. The highest BCUT2D eigenvalue weighted by molar-refractivity contribution is 7.11. The van der Waals surface area contributed by atoms with Crippen LogP contribution in [0.4, 0.5) is 5.69 Å². The van der Waals surface area contributed by atoms with Crippen molar-refractivity contribution in [2.24, 2.45) is 0 Å². The number of non-ortho nitro benzene ring substituents is 1. The predicted octanol–water partition coefficient (Wildman–Crippen LogP) is 4.25. The fourth-order valence-electron chi connectivity index (χ4n) is 2.36. The van der Waals surface area contributed by atoms with Crippen molar-refractivity contribution in [3.8, 4) is 0 Å². The summed E-state index contributed by atoms with van der Waals surface area (Å²) in [4.78, 5) is 13.0. The smallest absolute Gasteiger partial charge is 0.269 e. The molecule has 0 amide bonds. The third-order valence-electron chi connectivity index (χ3n) is 3.44. The van der Waals surface area contributed by atoms with Crippen LogP contribution in [-0.4, -0.2) is 11.0 Å². The number of thiophene rings is 1. The van der Waals surface area contributed by atoms with E-state index in [2.05, 4.69) is 38.2 Å². The van der Waals surface area contributed by atoms with Crippen LogP contribution in [0, 0.1) is 17.0 Å². The largest absolute Gasteiger partial charge is 0.307 e. The summed E-state index contributed by atoms with van der Waals surface area (Å²) in [5.41, 5.74) is 1.20. The number of nitro groups is 1. The first-order valence-corrected chi connectivity index (χ1v) is 7.83. The van der Waals surface area contributed by atoms with Gasteiger partial charge in [0, 0.05) is 34.0 Å². The monoisotopic (exact) mass is 304 g/mol. The molecule has 112 valence electrons. The number of nitro benzene ring substituents is 1. The molecular weight excluding hydrogens is 284 g/mol. The van der Waals surface area contributed by atoms with E-state index >= 15 is 0 Å². The van der Waals surface area contributed by atoms with Gasteiger partial charge in [-0.25, -0.2) is 0 Å². The maximum absolute atomic E-state index is 10.7. The van der Waals surface area contributed by atoms with E-state index in [1.165, 1.54) is 9.75 Å². The fraction of sp³-hybridized carbons (Fsp3) is 0.375. The number of nitrogens with zero attached hydrogens (tertiary/aromatic N) is 1. The van der Waals surface area contributed by atoms with E-state index in [1.807, 2.05) is 23.5 Å². The molecule has 0 aliphatic carbocycles. The van der Waals surface area contributed by atoms with Crippen molar-refractivity contribution < 1.29 is 4.92 Å². The number of rotatable bonds is 6. The van der Waals surface area contributed by atoms with Crippen LogP contribution in [0.5, 0.6) is 0 Å². The van der Waals surface area contributed by atoms with E-state index < -0.39 is 0 Å². The Bertz CT molecular complexity index is 607. The average Bonchev–Trinajstić information content (AvgIpc) is 2.83. The van der Waals surface area contributed by atoms with E-state index in [4.69, 9.17) is 0 Å². The first kappa shape index (κ1) is 15.7. The Morgan fingerprint density at radius 1 is 1.19 bits per heavy atom. The van der Waals surface area contributed by atoms with Gasteiger partial charge in [0.1, 0.15) is 0 Å². The van der Waals surface area contributed by atoms with Crippen LogP contribution in [0.25, 0.3) is 0 Å². The van der Waals surface area contributed by atoms with Crippen molar-refractivity contribution in [3.05, 3.63) is 61.8 Å². The van der Waals surface area contributed by atoms with Crippen molar-refractivity contribution in [2.75, 3.05) is 0 Å². The number of aryl methyl sites for hydroxylation is 1. The molecule has 4 nitrogen and oxygen atoms in total. The van der Waals surface area contributed by atoms with Gasteiger partial charge in [-0.1, -0.05) is 12.1 Å².